The molecule has 1 aromatic rings. The molecule has 0 radical (unpaired) electrons. The molecule has 2 N–H and O–H groups in total. The number of aliphatic carboxylic acids is 1. The Kier molecular flexibility index (Phi) is 5.99. The zero-order chi connectivity index (χ0) is 15.2. The van der Waals surface area contributed by atoms with E-state index in [1.165, 1.54) is 0 Å². The Balaban J connectivity index is 2.63. The van der Waals surface area contributed by atoms with E-state index in [9.17, 15) is 4.79 Å². The molecule has 108 valence electrons. The fraction of sp³-hybridized carbons (Fsp3) is 0.438. The summed E-state index contributed by atoms with van der Waals surface area (Å²) < 4.78 is 0. The Hall–Kier alpha value is -1.57. The van der Waals surface area contributed by atoms with E-state index >= 15 is 0 Å². The van der Waals surface area contributed by atoms with Gasteiger partial charge in [-0.2, -0.15) is 0 Å². The molecule has 0 fully saturated rings. The van der Waals surface area contributed by atoms with Gasteiger partial charge in [0.25, 0.3) is 0 Å². The second-order valence-electron chi connectivity index (χ2n) is 5.88. The maximum atomic E-state index is 10.9. The normalized spacial score (nSPS) is 12.4. The lowest BCUT2D eigenvalue weighted by molar-refractivity contribution is -0.139. The van der Waals surface area contributed by atoms with Gasteiger partial charge < -0.3 is 10.4 Å². The summed E-state index contributed by atoms with van der Waals surface area (Å²) in [5.41, 5.74) is 5.42. The quantitative estimate of drug-likeness (QED) is 0.647. The van der Waals surface area contributed by atoms with Gasteiger partial charge in [-0.3, -0.25) is 4.79 Å². The van der Waals surface area contributed by atoms with Gasteiger partial charge >= 0.3 is 5.97 Å². The maximum Gasteiger partial charge on any atom is 0.320 e. The number of hydrogen-bond acceptors (Lipinski definition) is 2. The van der Waals surface area contributed by atoms with Crippen molar-refractivity contribution in [3.05, 3.63) is 35.4 Å². The van der Waals surface area contributed by atoms with Crippen molar-refractivity contribution in [1.82, 2.24) is 5.32 Å². The van der Waals surface area contributed by atoms with E-state index in [4.69, 9.17) is 5.11 Å². The van der Waals surface area contributed by atoms with Crippen LogP contribution in [0.4, 0.5) is 0 Å². The third kappa shape index (κ3) is 6.05. The van der Waals surface area contributed by atoms with Crippen LogP contribution in [0.25, 0.3) is 0 Å². The molecule has 20 heavy (non-hydrogen) atoms. The van der Waals surface area contributed by atoms with Crippen LogP contribution in [0, 0.1) is 11.5 Å². The van der Waals surface area contributed by atoms with Crippen LogP contribution in [-0.2, 0) is 11.3 Å². The summed E-state index contributed by atoms with van der Waals surface area (Å²) in [6.45, 7) is 9.08. The molecule has 4 heteroatoms. The van der Waals surface area contributed by atoms with E-state index in [1.807, 2.05) is 31.2 Å². The fourth-order valence-electron chi connectivity index (χ4n) is 1.61. The van der Waals surface area contributed by atoms with Crippen molar-refractivity contribution < 1.29 is 9.90 Å². The third-order valence-corrected chi connectivity index (χ3v) is 3.67. The molecule has 1 aromatic carbocycles. The number of carboxylic acid groups (broad SMARTS) is 1. The molecule has 0 aliphatic carbocycles. The zero-order valence-electron chi connectivity index (χ0n) is 12.7. The SMILES string of the molecule is CCC(NCc1ccc(C#C[Si](C)(C)C)cc1)C(=O)O. The van der Waals surface area contributed by atoms with Gasteiger partial charge in [0.1, 0.15) is 14.1 Å². The van der Waals surface area contributed by atoms with Crippen LogP contribution < -0.4 is 5.32 Å². The summed E-state index contributed by atoms with van der Waals surface area (Å²) in [6.07, 6.45) is 0.578. The molecule has 0 aliphatic heterocycles. The van der Waals surface area contributed by atoms with E-state index in [1.54, 1.807) is 0 Å². The number of nitrogens with one attached hydrogen (secondary N) is 1. The highest BCUT2D eigenvalue weighted by Gasteiger charge is 2.13. The number of benzene rings is 1. The van der Waals surface area contributed by atoms with Gasteiger partial charge in [0.15, 0.2) is 0 Å². The Labute approximate surface area is 122 Å². The van der Waals surface area contributed by atoms with Gasteiger partial charge in [-0.05, 0) is 24.1 Å². The first-order chi connectivity index (χ1) is 9.31. The molecule has 1 atom stereocenters. The third-order valence-electron chi connectivity index (χ3n) is 2.79. The van der Waals surface area contributed by atoms with Crippen LogP contribution in [0.1, 0.15) is 24.5 Å². The van der Waals surface area contributed by atoms with Crippen molar-refractivity contribution in [3.63, 3.8) is 0 Å². The predicted molar refractivity (Wildman–Crippen MR) is 85.2 cm³/mol. The predicted octanol–water partition coefficient (Wildman–Crippen LogP) is 2.87. The maximum absolute atomic E-state index is 10.9. The Bertz CT molecular complexity index is 506. The van der Waals surface area contributed by atoms with E-state index in [0.29, 0.717) is 13.0 Å². The molecule has 1 unspecified atom stereocenters. The number of carboxylic acids is 1. The van der Waals surface area contributed by atoms with E-state index in [2.05, 4.69) is 36.4 Å². The number of rotatable bonds is 5. The lowest BCUT2D eigenvalue weighted by atomic mass is 10.1. The van der Waals surface area contributed by atoms with Crippen LogP contribution in [-0.4, -0.2) is 25.2 Å². The zero-order valence-corrected chi connectivity index (χ0v) is 13.7. The molecular formula is C16H23NO2Si. The highest BCUT2D eigenvalue weighted by atomic mass is 28.3. The first-order valence-electron chi connectivity index (χ1n) is 6.90. The van der Waals surface area contributed by atoms with Gasteiger partial charge in [-0.25, -0.2) is 0 Å². The van der Waals surface area contributed by atoms with Crippen LogP contribution in [0.3, 0.4) is 0 Å². The second-order valence-corrected chi connectivity index (χ2v) is 10.6. The molecular weight excluding hydrogens is 266 g/mol. The first kappa shape index (κ1) is 16.5. The van der Waals surface area contributed by atoms with Gasteiger partial charge in [0.05, 0.1) is 0 Å². The average Bonchev–Trinajstić information content (AvgIpc) is 2.37. The smallest absolute Gasteiger partial charge is 0.320 e. The van der Waals surface area contributed by atoms with Crippen molar-refractivity contribution >= 4 is 14.0 Å². The number of carbonyl (C=O) groups is 1. The van der Waals surface area contributed by atoms with Crippen molar-refractivity contribution in [2.75, 3.05) is 0 Å². The molecule has 0 aliphatic rings. The Morgan fingerprint density at radius 1 is 1.30 bits per heavy atom. The van der Waals surface area contributed by atoms with Crippen LogP contribution >= 0.6 is 0 Å². The summed E-state index contributed by atoms with van der Waals surface area (Å²) in [6, 6.07) is 7.49. The average molecular weight is 289 g/mol. The highest BCUT2D eigenvalue weighted by molar-refractivity contribution is 6.83. The summed E-state index contributed by atoms with van der Waals surface area (Å²) in [5, 5.41) is 12.0. The van der Waals surface area contributed by atoms with Crippen LogP contribution in [0.15, 0.2) is 24.3 Å². The summed E-state index contributed by atoms with van der Waals surface area (Å²) in [7, 11) is -1.34. The lowest BCUT2D eigenvalue weighted by Crippen LogP contribution is -2.35. The van der Waals surface area contributed by atoms with Crippen LogP contribution in [0.2, 0.25) is 19.6 Å². The molecule has 1 rings (SSSR count). The lowest BCUT2D eigenvalue weighted by Gasteiger charge is -2.12. The van der Waals surface area contributed by atoms with E-state index in [0.717, 1.165) is 11.1 Å². The van der Waals surface area contributed by atoms with Crippen molar-refractivity contribution in [2.45, 2.75) is 45.6 Å². The van der Waals surface area contributed by atoms with Crippen molar-refractivity contribution in [3.8, 4) is 11.5 Å². The number of hydrogen-bond donors (Lipinski definition) is 2. The van der Waals surface area contributed by atoms with Gasteiger partial charge in [-0.1, -0.05) is 44.6 Å². The molecule has 3 nitrogen and oxygen atoms in total. The molecule has 0 saturated carbocycles. The van der Waals surface area contributed by atoms with Gasteiger partial charge in [-0.15, -0.1) is 5.54 Å². The Morgan fingerprint density at radius 3 is 2.35 bits per heavy atom. The highest BCUT2D eigenvalue weighted by Crippen LogP contribution is 2.05. The molecule has 0 heterocycles. The fourth-order valence-corrected chi connectivity index (χ4v) is 2.13. The molecule has 0 saturated heterocycles. The summed E-state index contributed by atoms with van der Waals surface area (Å²) in [5.74, 6) is 2.40. The standard InChI is InChI=1S/C16H23NO2Si/c1-5-15(16(18)19)17-12-14-8-6-13(7-9-14)10-11-20(2,3)4/h6-9,15,17H,5,12H2,1-4H3,(H,18,19). The summed E-state index contributed by atoms with van der Waals surface area (Å²) in [4.78, 5) is 10.9. The minimum Gasteiger partial charge on any atom is -0.480 e. The minimum absolute atomic E-state index is 0.485. The van der Waals surface area contributed by atoms with E-state index in [-0.39, 0.29) is 0 Å². The first-order valence-corrected chi connectivity index (χ1v) is 10.4. The van der Waals surface area contributed by atoms with Crippen LogP contribution in [0.5, 0.6) is 0 Å². The molecule has 0 spiro atoms. The van der Waals surface area contributed by atoms with Gasteiger partial charge in [0.2, 0.25) is 0 Å². The second kappa shape index (κ2) is 7.27. The van der Waals surface area contributed by atoms with E-state index < -0.39 is 20.1 Å². The Morgan fingerprint density at radius 2 is 1.90 bits per heavy atom. The largest absolute Gasteiger partial charge is 0.480 e. The minimum atomic E-state index is -1.34. The monoisotopic (exact) mass is 289 g/mol. The molecule has 0 aromatic heterocycles. The van der Waals surface area contributed by atoms with Gasteiger partial charge in [0, 0.05) is 12.1 Å². The summed E-state index contributed by atoms with van der Waals surface area (Å²) >= 11 is 0. The molecule has 0 bridgehead atoms. The van der Waals surface area contributed by atoms with Crippen molar-refractivity contribution in [1.29, 1.82) is 0 Å². The topological polar surface area (TPSA) is 49.3 Å². The van der Waals surface area contributed by atoms with Crippen molar-refractivity contribution in [2.24, 2.45) is 0 Å². The molecule has 0 amide bonds.